The summed E-state index contributed by atoms with van der Waals surface area (Å²) in [6, 6.07) is 6.11. The number of thiophene rings is 1. The monoisotopic (exact) mass is 391 g/mol. The molecule has 27 heavy (non-hydrogen) atoms. The number of nitrogens with zero attached hydrogens (tertiary/aromatic N) is 1. The van der Waals surface area contributed by atoms with Gasteiger partial charge in [-0.3, -0.25) is 4.79 Å². The second kappa shape index (κ2) is 7.50. The summed E-state index contributed by atoms with van der Waals surface area (Å²) in [4.78, 5) is 25.9. The van der Waals surface area contributed by atoms with Crippen LogP contribution in [0.4, 0.5) is 4.39 Å². The second-order valence-corrected chi connectivity index (χ2v) is 7.16. The zero-order valence-electron chi connectivity index (χ0n) is 15.0. The lowest BCUT2D eigenvalue weighted by molar-refractivity contribution is 0.0694. The Morgan fingerprint density at radius 2 is 2.11 bits per heavy atom. The SMILES string of the molecule is COCc1c(C(=O)N(C)Cc2cc(C(=O)O)c(C)o2)sc2cccc(F)c12. The van der Waals surface area contributed by atoms with E-state index >= 15 is 0 Å². The van der Waals surface area contributed by atoms with Crippen LogP contribution in [0.3, 0.4) is 0 Å². The summed E-state index contributed by atoms with van der Waals surface area (Å²) in [5.74, 6) is -1.15. The van der Waals surface area contributed by atoms with Crippen molar-refractivity contribution in [3.63, 3.8) is 0 Å². The van der Waals surface area contributed by atoms with Gasteiger partial charge in [-0.1, -0.05) is 6.07 Å². The van der Waals surface area contributed by atoms with Gasteiger partial charge in [-0.25, -0.2) is 9.18 Å². The number of ether oxygens (including phenoxy) is 1. The van der Waals surface area contributed by atoms with Crippen LogP contribution in [-0.2, 0) is 17.9 Å². The van der Waals surface area contributed by atoms with Crippen molar-refractivity contribution >= 4 is 33.3 Å². The molecule has 0 saturated carbocycles. The molecule has 6 nitrogen and oxygen atoms in total. The topological polar surface area (TPSA) is 80.0 Å². The van der Waals surface area contributed by atoms with E-state index in [2.05, 4.69) is 0 Å². The largest absolute Gasteiger partial charge is 0.478 e. The minimum absolute atomic E-state index is 0.0647. The highest BCUT2D eigenvalue weighted by molar-refractivity contribution is 7.21. The van der Waals surface area contributed by atoms with Crippen LogP contribution in [-0.4, -0.2) is 36.0 Å². The van der Waals surface area contributed by atoms with Gasteiger partial charge in [-0.2, -0.15) is 0 Å². The molecule has 1 N–H and O–H groups in total. The smallest absolute Gasteiger partial charge is 0.339 e. The number of aryl methyl sites for hydroxylation is 1. The van der Waals surface area contributed by atoms with E-state index in [-0.39, 0.29) is 30.4 Å². The molecule has 1 aromatic carbocycles. The van der Waals surface area contributed by atoms with E-state index in [1.165, 1.54) is 35.5 Å². The van der Waals surface area contributed by atoms with E-state index in [4.69, 9.17) is 14.3 Å². The van der Waals surface area contributed by atoms with Crippen molar-refractivity contribution in [2.75, 3.05) is 14.2 Å². The molecule has 1 amide bonds. The minimum Gasteiger partial charge on any atom is -0.478 e. The van der Waals surface area contributed by atoms with Crippen LogP contribution in [0.25, 0.3) is 10.1 Å². The molecule has 2 aromatic heterocycles. The standard InChI is InChI=1S/C19H18FNO5S/c1-10-12(19(23)24)7-11(26-10)8-21(2)18(22)17-13(9-25-3)16-14(20)5-4-6-15(16)27-17/h4-7H,8-9H2,1-3H3,(H,23,24). The van der Waals surface area contributed by atoms with Gasteiger partial charge < -0.3 is 19.2 Å². The molecule has 0 aliphatic rings. The third kappa shape index (κ3) is 3.58. The van der Waals surface area contributed by atoms with E-state index < -0.39 is 11.8 Å². The van der Waals surface area contributed by atoms with Crippen LogP contribution in [0, 0.1) is 12.7 Å². The summed E-state index contributed by atoms with van der Waals surface area (Å²) in [6.45, 7) is 1.76. The number of rotatable bonds is 6. The molecule has 0 radical (unpaired) electrons. The van der Waals surface area contributed by atoms with Gasteiger partial charge in [0.15, 0.2) is 0 Å². The molecule has 0 saturated heterocycles. The fourth-order valence-corrected chi connectivity index (χ4v) is 4.15. The molecule has 0 aliphatic heterocycles. The first-order chi connectivity index (χ1) is 12.8. The van der Waals surface area contributed by atoms with E-state index in [9.17, 15) is 14.0 Å². The first-order valence-corrected chi connectivity index (χ1v) is 8.92. The van der Waals surface area contributed by atoms with Gasteiger partial charge >= 0.3 is 5.97 Å². The number of amides is 1. The summed E-state index contributed by atoms with van der Waals surface area (Å²) in [5.41, 5.74) is 0.573. The quantitative estimate of drug-likeness (QED) is 0.685. The number of methoxy groups -OCH3 is 1. The number of carbonyl (C=O) groups is 2. The third-order valence-electron chi connectivity index (χ3n) is 4.19. The first-order valence-electron chi connectivity index (χ1n) is 8.10. The summed E-state index contributed by atoms with van der Waals surface area (Å²) >= 11 is 1.20. The van der Waals surface area contributed by atoms with E-state index in [0.29, 0.717) is 26.3 Å². The highest BCUT2D eigenvalue weighted by atomic mass is 32.1. The van der Waals surface area contributed by atoms with Gasteiger partial charge in [0.05, 0.1) is 18.0 Å². The van der Waals surface area contributed by atoms with Crippen molar-refractivity contribution < 1.29 is 28.2 Å². The lowest BCUT2D eigenvalue weighted by Gasteiger charge is -2.15. The van der Waals surface area contributed by atoms with Gasteiger partial charge in [-0.15, -0.1) is 11.3 Å². The average molecular weight is 391 g/mol. The Kier molecular flexibility index (Phi) is 5.29. The fourth-order valence-electron chi connectivity index (χ4n) is 2.93. The third-order valence-corrected chi connectivity index (χ3v) is 5.37. The van der Waals surface area contributed by atoms with Crippen molar-refractivity contribution in [3.05, 3.63) is 57.6 Å². The van der Waals surface area contributed by atoms with Crippen LogP contribution in [0.5, 0.6) is 0 Å². The maximum atomic E-state index is 14.3. The highest BCUT2D eigenvalue weighted by Gasteiger charge is 2.24. The number of aromatic carboxylic acids is 1. The van der Waals surface area contributed by atoms with Crippen molar-refractivity contribution in [1.29, 1.82) is 0 Å². The molecule has 0 unspecified atom stereocenters. The summed E-state index contributed by atoms with van der Waals surface area (Å²) in [5, 5.41) is 9.51. The highest BCUT2D eigenvalue weighted by Crippen LogP contribution is 2.34. The molecule has 0 atom stereocenters. The Balaban J connectivity index is 1.93. The van der Waals surface area contributed by atoms with Gasteiger partial charge in [0, 0.05) is 29.8 Å². The summed E-state index contributed by atoms with van der Waals surface area (Å²) in [7, 11) is 3.07. The summed E-state index contributed by atoms with van der Waals surface area (Å²) in [6.07, 6.45) is 0. The van der Waals surface area contributed by atoms with Crippen LogP contribution in [0.2, 0.25) is 0 Å². The molecule has 8 heteroatoms. The van der Waals surface area contributed by atoms with Crippen molar-refractivity contribution in [2.24, 2.45) is 0 Å². The number of carboxylic acid groups (broad SMARTS) is 1. The first kappa shape index (κ1) is 19.1. The molecular formula is C19H18FNO5S. The zero-order valence-corrected chi connectivity index (χ0v) is 15.9. The molecule has 3 rings (SSSR count). The van der Waals surface area contributed by atoms with Crippen LogP contribution in [0.1, 0.15) is 37.1 Å². The van der Waals surface area contributed by atoms with E-state index in [1.54, 1.807) is 26.1 Å². The molecule has 142 valence electrons. The van der Waals surface area contributed by atoms with Crippen LogP contribution < -0.4 is 0 Å². The normalized spacial score (nSPS) is 11.1. The lowest BCUT2D eigenvalue weighted by atomic mass is 10.1. The molecule has 0 aliphatic carbocycles. The number of furan rings is 1. The predicted octanol–water partition coefficient (Wildman–Crippen LogP) is 4.06. The molecule has 2 heterocycles. The van der Waals surface area contributed by atoms with Crippen LogP contribution >= 0.6 is 11.3 Å². The van der Waals surface area contributed by atoms with Crippen LogP contribution in [0.15, 0.2) is 28.7 Å². The molecule has 0 bridgehead atoms. The van der Waals surface area contributed by atoms with Gasteiger partial charge in [0.25, 0.3) is 5.91 Å². The Labute approximate surface area is 158 Å². The predicted molar refractivity (Wildman–Crippen MR) is 98.7 cm³/mol. The second-order valence-electron chi connectivity index (χ2n) is 6.10. The maximum Gasteiger partial charge on any atom is 0.339 e. The number of fused-ring (bicyclic) bond motifs is 1. The molecule has 0 fully saturated rings. The zero-order chi connectivity index (χ0) is 19.7. The maximum absolute atomic E-state index is 14.3. The van der Waals surface area contributed by atoms with E-state index in [1.807, 2.05) is 0 Å². The number of benzene rings is 1. The number of hydrogen-bond donors (Lipinski definition) is 1. The Morgan fingerprint density at radius 1 is 1.37 bits per heavy atom. The van der Waals surface area contributed by atoms with Crippen molar-refractivity contribution in [2.45, 2.75) is 20.1 Å². The van der Waals surface area contributed by atoms with Crippen molar-refractivity contribution in [1.82, 2.24) is 4.90 Å². The number of carboxylic acids is 1. The molecule has 3 aromatic rings. The van der Waals surface area contributed by atoms with Gasteiger partial charge in [0.2, 0.25) is 0 Å². The van der Waals surface area contributed by atoms with Gasteiger partial charge in [0.1, 0.15) is 22.9 Å². The van der Waals surface area contributed by atoms with Crippen molar-refractivity contribution in [3.8, 4) is 0 Å². The Bertz CT molecular complexity index is 1020. The Morgan fingerprint density at radius 3 is 2.74 bits per heavy atom. The number of carbonyl (C=O) groups excluding carboxylic acids is 1. The Hall–Kier alpha value is -2.71. The lowest BCUT2D eigenvalue weighted by Crippen LogP contribution is -2.26. The molecular weight excluding hydrogens is 373 g/mol. The minimum atomic E-state index is -1.08. The van der Waals surface area contributed by atoms with Gasteiger partial charge in [-0.05, 0) is 25.1 Å². The summed E-state index contributed by atoms with van der Waals surface area (Å²) < 4.78 is 25.5. The fraction of sp³-hybridized carbons (Fsp3) is 0.263. The number of halogens is 1. The van der Waals surface area contributed by atoms with E-state index in [0.717, 1.165) is 0 Å². The average Bonchev–Trinajstić information content (AvgIpc) is 3.16. The number of hydrogen-bond acceptors (Lipinski definition) is 5. The molecule has 0 spiro atoms.